The standard InChI is InChI=1S/C22H22N2O4/c1-27-13-14-4-3-5-15(10-14)21(25)24-9-8-20-18(12-24)17-11-16(22(26)28-2)6-7-19(17)23-20/h3-7,10-11,23H,8-9,12-13H2,1-2H3. The van der Waals surface area contributed by atoms with Gasteiger partial charge in [-0.3, -0.25) is 4.79 Å². The number of H-pyrrole nitrogens is 1. The Morgan fingerprint density at radius 3 is 2.75 bits per heavy atom. The first-order valence-electron chi connectivity index (χ1n) is 9.19. The molecule has 1 amide bonds. The Kier molecular flexibility index (Phi) is 4.88. The number of hydrogen-bond acceptors (Lipinski definition) is 4. The van der Waals surface area contributed by atoms with Crippen LogP contribution in [-0.4, -0.2) is 42.5 Å². The zero-order valence-electron chi connectivity index (χ0n) is 16.0. The largest absolute Gasteiger partial charge is 0.465 e. The first kappa shape index (κ1) is 18.3. The molecule has 0 atom stereocenters. The molecule has 0 radical (unpaired) electrons. The highest BCUT2D eigenvalue weighted by Crippen LogP contribution is 2.29. The normalized spacial score (nSPS) is 13.4. The van der Waals surface area contributed by atoms with E-state index in [1.165, 1.54) is 7.11 Å². The van der Waals surface area contributed by atoms with Crippen LogP contribution in [-0.2, 0) is 29.0 Å². The summed E-state index contributed by atoms with van der Waals surface area (Å²) in [7, 11) is 3.01. The average molecular weight is 378 g/mol. The van der Waals surface area contributed by atoms with Crippen molar-refractivity contribution >= 4 is 22.8 Å². The minimum atomic E-state index is -0.365. The summed E-state index contributed by atoms with van der Waals surface area (Å²) in [5.74, 6) is -0.363. The monoisotopic (exact) mass is 378 g/mol. The van der Waals surface area contributed by atoms with Crippen molar-refractivity contribution in [3.63, 3.8) is 0 Å². The fourth-order valence-corrected chi connectivity index (χ4v) is 3.78. The third-order valence-corrected chi connectivity index (χ3v) is 5.17. The topological polar surface area (TPSA) is 71.6 Å². The molecule has 6 nitrogen and oxygen atoms in total. The van der Waals surface area contributed by atoms with Gasteiger partial charge in [-0.05, 0) is 35.9 Å². The Hall–Kier alpha value is -3.12. The lowest BCUT2D eigenvalue weighted by Crippen LogP contribution is -2.35. The fourth-order valence-electron chi connectivity index (χ4n) is 3.78. The molecule has 3 aromatic rings. The van der Waals surface area contributed by atoms with Crippen molar-refractivity contribution in [2.75, 3.05) is 20.8 Å². The van der Waals surface area contributed by atoms with Crippen molar-refractivity contribution in [2.45, 2.75) is 19.6 Å². The molecule has 2 aromatic carbocycles. The Balaban J connectivity index is 1.64. The van der Waals surface area contributed by atoms with Crippen LogP contribution in [0.4, 0.5) is 0 Å². The van der Waals surface area contributed by atoms with Gasteiger partial charge in [0.05, 0.1) is 19.3 Å². The summed E-state index contributed by atoms with van der Waals surface area (Å²) in [6, 6.07) is 13.0. The highest BCUT2D eigenvalue weighted by atomic mass is 16.5. The molecule has 1 N–H and O–H groups in total. The smallest absolute Gasteiger partial charge is 0.337 e. The highest BCUT2D eigenvalue weighted by Gasteiger charge is 2.25. The first-order valence-corrected chi connectivity index (χ1v) is 9.19. The van der Waals surface area contributed by atoms with Crippen LogP contribution in [0.3, 0.4) is 0 Å². The first-order chi connectivity index (χ1) is 13.6. The van der Waals surface area contributed by atoms with Gasteiger partial charge in [-0.1, -0.05) is 12.1 Å². The quantitative estimate of drug-likeness (QED) is 0.707. The Morgan fingerprint density at radius 2 is 1.96 bits per heavy atom. The van der Waals surface area contributed by atoms with Crippen molar-refractivity contribution in [3.05, 3.63) is 70.4 Å². The number of aromatic amines is 1. The number of carbonyl (C=O) groups excluding carboxylic acids is 2. The molecule has 6 heteroatoms. The van der Waals surface area contributed by atoms with Crippen LogP contribution in [0.15, 0.2) is 42.5 Å². The third-order valence-electron chi connectivity index (χ3n) is 5.17. The molecule has 1 aliphatic heterocycles. The zero-order chi connectivity index (χ0) is 19.7. The van der Waals surface area contributed by atoms with Gasteiger partial charge in [-0.25, -0.2) is 4.79 Å². The molecule has 1 aromatic heterocycles. The lowest BCUT2D eigenvalue weighted by Gasteiger charge is -2.27. The zero-order valence-corrected chi connectivity index (χ0v) is 16.0. The summed E-state index contributed by atoms with van der Waals surface area (Å²) in [6.07, 6.45) is 0.751. The second kappa shape index (κ2) is 7.48. The van der Waals surface area contributed by atoms with Gasteiger partial charge >= 0.3 is 5.97 Å². The van der Waals surface area contributed by atoms with E-state index in [2.05, 4.69) is 4.98 Å². The minimum Gasteiger partial charge on any atom is -0.465 e. The Labute approximate surface area is 163 Å². The van der Waals surface area contributed by atoms with Crippen LogP contribution in [0.5, 0.6) is 0 Å². The highest BCUT2D eigenvalue weighted by molar-refractivity contribution is 5.97. The maximum Gasteiger partial charge on any atom is 0.337 e. The van der Waals surface area contributed by atoms with E-state index in [1.807, 2.05) is 41.3 Å². The van der Waals surface area contributed by atoms with Crippen molar-refractivity contribution < 1.29 is 19.1 Å². The minimum absolute atomic E-state index is 0.00192. The van der Waals surface area contributed by atoms with Gasteiger partial charge in [-0.2, -0.15) is 0 Å². The third kappa shape index (κ3) is 3.27. The van der Waals surface area contributed by atoms with Gasteiger partial charge in [0.2, 0.25) is 0 Å². The number of esters is 1. The summed E-state index contributed by atoms with van der Waals surface area (Å²) in [6.45, 7) is 1.63. The second-order valence-electron chi connectivity index (χ2n) is 6.94. The number of benzene rings is 2. The summed E-state index contributed by atoms with van der Waals surface area (Å²) in [4.78, 5) is 30.2. The SMILES string of the molecule is COCc1cccc(C(=O)N2CCc3[nH]c4ccc(C(=O)OC)cc4c3C2)c1. The summed E-state index contributed by atoms with van der Waals surface area (Å²) in [5.41, 5.74) is 5.29. The van der Waals surface area contributed by atoms with E-state index in [1.54, 1.807) is 13.2 Å². The second-order valence-corrected chi connectivity index (χ2v) is 6.94. The summed E-state index contributed by atoms with van der Waals surface area (Å²) >= 11 is 0. The lowest BCUT2D eigenvalue weighted by molar-refractivity contribution is 0.0600. The van der Waals surface area contributed by atoms with E-state index in [9.17, 15) is 9.59 Å². The summed E-state index contributed by atoms with van der Waals surface area (Å²) < 4.78 is 10.00. The number of hydrogen-bond donors (Lipinski definition) is 1. The van der Waals surface area contributed by atoms with Crippen LogP contribution in [0.2, 0.25) is 0 Å². The molecule has 2 heterocycles. The fraction of sp³-hybridized carbons (Fsp3) is 0.273. The molecule has 28 heavy (non-hydrogen) atoms. The number of fused-ring (bicyclic) bond motifs is 3. The van der Waals surface area contributed by atoms with Crippen LogP contribution in [0.25, 0.3) is 10.9 Å². The number of nitrogens with zero attached hydrogens (tertiary/aromatic N) is 1. The van der Waals surface area contributed by atoms with Crippen LogP contribution in [0.1, 0.15) is 37.5 Å². The maximum atomic E-state index is 13.0. The molecular formula is C22H22N2O4. The van der Waals surface area contributed by atoms with Crippen LogP contribution in [0, 0.1) is 0 Å². The van der Waals surface area contributed by atoms with Crippen molar-refractivity contribution in [3.8, 4) is 0 Å². The van der Waals surface area contributed by atoms with E-state index in [-0.39, 0.29) is 11.9 Å². The number of rotatable bonds is 4. The molecule has 0 saturated carbocycles. The maximum absolute atomic E-state index is 13.0. The predicted molar refractivity (Wildman–Crippen MR) is 105 cm³/mol. The molecular weight excluding hydrogens is 356 g/mol. The summed E-state index contributed by atoms with van der Waals surface area (Å²) in [5, 5.41) is 0.962. The van der Waals surface area contributed by atoms with E-state index in [4.69, 9.17) is 9.47 Å². The van der Waals surface area contributed by atoms with E-state index in [0.29, 0.717) is 30.8 Å². The molecule has 1 aliphatic rings. The van der Waals surface area contributed by atoms with Crippen LogP contribution >= 0.6 is 0 Å². The molecule has 0 aliphatic carbocycles. The molecule has 0 bridgehead atoms. The van der Waals surface area contributed by atoms with Gasteiger partial charge in [-0.15, -0.1) is 0 Å². The van der Waals surface area contributed by atoms with Gasteiger partial charge < -0.3 is 19.4 Å². The molecule has 144 valence electrons. The average Bonchev–Trinajstić information content (AvgIpc) is 3.10. The van der Waals surface area contributed by atoms with Crippen LogP contribution < -0.4 is 0 Å². The molecule has 0 unspecified atom stereocenters. The van der Waals surface area contributed by atoms with Crippen molar-refractivity contribution in [2.24, 2.45) is 0 Å². The molecule has 4 rings (SSSR count). The van der Waals surface area contributed by atoms with Crippen molar-refractivity contribution in [1.82, 2.24) is 9.88 Å². The van der Waals surface area contributed by atoms with Gasteiger partial charge in [0.25, 0.3) is 5.91 Å². The number of carbonyl (C=O) groups is 2. The van der Waals surface area contributed by atoms with Gasteiger partial charge in [0.15, 0.2) is 0 Å². The Bertz CT molecular complexity index is 1050. The number of ether oxygens (including phenoxy) is 2. The van der Waals surface area contributed by atoms with Gasteiger partial charge in [0, 0.05) is 54.3 Å². The van der Waals surface area contributed by atoms with E-state index < -0.39 is 0 Å². The number of aromatic nitrogens is 1. The number of amides is 1. The van der Waals surface area contributed by atoms with Gasteiger partial charge in [0.1, 0.15) is 0 Å². The van der Waals surface area contributed by atoms with E-state index >= 15 is 0 Å². The lowest BCUT2D eigenvalue weighted by atomic mass is 10.0. The molecule has 0 spiro atoms. The molecule has 0 saturated heterocycles. The van der Waals surface area contributed by atoms with Crippen molar-refractivity contribution in [1.29, 1.82) is 0 Å². The molecule has 0 fully saturated rings. The number of methoxy groups -OCH3 is 2. The Morgan fingerprint density at radius 1 is 1.11 bits per heavy atom. The van der Waals surface area contributed by atoms with E-state index in [0.717, 1.165) is 34.1 Å². The number of nitrogens with one attached hydrogen (secondary N) is 1. The predicted octanol–water partition coefficient (Wildman–Crippen LogP) is 3.30.